The minimum Gasteiger partial charge on any atom is -0.363 e. The molecule has 1 amide bonds. The zero-order valence-corrected chi connectivity index (χ0v) is 14.8. The fourth-order valence-electron chi connectivity index (χ4n) is 3.02. The summed E-state index contributed by atoms with van der Waals surface area (Å²) < 4.78 is 42.3. The van der Waals surface area contributed by atoms with E-state index in [9.17, 15) is 18.0 Å². The van der Waals surface area contributed by atoms with Gasteiger partial charge >= 0.3 is 0 Å². The molecular weight excluding hydrogens is 381 g/mol. The molecule has 0 spiro atoms. The Labute approximate surface area is 163 Å². The molecule has 0 bridgehead atoms. The van der Waals surface area contributed by atoms with E-state index >= 15 is 0 Å². The van der Waals surface area contributed by atoms with Crippen molar-refractivity contribution in [3.05, 3.63) is 83.9 Å². The van der Waals surface area contributed by atoms with Gasteiger partial charge in [0, 0.05) is 11.1 Å². The van der Waals surface area contributed by atoms with E-state index in [0.29, 0.717) is 22.3 Å². The molecule has 29 heavy (non-hydrogen) atoms. The van der Waals surface area contributed by atoms with E-state index in [1.54, 1.807) is 6.07 Å². The molecule has 3 N–H and O–H groups in total. The van der Waals surface area contributed by atoms with Crippen LogP contribution in [0.2, 0.25) is 0 Å². The Bertz CT molecular complexity index is 1240. The van der Waals surface area contributed by atoms with Crippen molar-refractivity contribution < 1.29 is 18.0 Å². The van der Waals surface area contributed by atoms with E-state index in [4.69, 9.17) is 5.73 Å². The molecule has 5 nitrogen and oxygen atoms in total. The van der Waals surface area contributed by atoms with Crippen molar-refractivity contribution in [2.75, 3.05) is 0 Å². The van der Waals surface area contributed by atoms with E-state index in [1.165, 1.54) is 54.6 Å². The third-order valence-corrected chi connectivity index (χ3v) is 4.35. The Kier molecular flexibility index (Phi) is 4.59. The lowest BCUT2D eigenvalue weighted by Gasteiger charge is -2.12. The summed E-state index contributed by atoms with van der Waals surface area (Å²) in [5.74, 6) is -2.36. The smallest absolute Gasteiger partial charge is 0.286 e. The minimum absolute atomic E-state index is 0.131. The number of rotatable bonds is 4. The minimum atomic E-state index is -0.780. The number of nitrogens with one attached hydrogen (secondary N) is 1. The molecule has 4 aromatic rings. The fraction of sp³-hybridized carbons (Fsp3) is 0. The normalized spacial score (nSPS) is 10.9. The first-order valence-corrected chi connectivity index (χ1v) is 8.50. The van der Waals surface area contributed by atoms with Crippen LogP contribution in [-0.4, -0.2) is 21.1 Å². The van der Waals surface area contributed by atoms with Crippen LogP contribution in [0, 0.1) is 17.5 Å². The van der Waals surface area contributed by atoms with Crippen molar-refractivity contribution in [3.8, 4) is 33.6 Å². The maximum absolute atomic E-state index is 14.7. The van der Waals surface area contributed by atoms with Gasteiger partial charge in [0.25, 0.3) is 5.91 Å². The number of amides is 1. The summed E-state index contributed by atoms with van der Waals surface area (Å²) in [5.41, 5.74) is 6.82. The second-order valence-corrected chi connectivity index (χ2v) is 6.27. The number of primary amides is 1. The molecule has 0 aliphatic rings. The topological polar surface area (TPSA) is 84.7 Å². The Balaban J connectivity index is 1.88. The van der Waals surface area contributed by atoms with E-state index in [-0.39, 0.29) is 17.2 Å². The molecule has 0 atom stereocenters. The van der Waals surface area contributed by atoms with Crippen LogP contribution in [0.1, 0.15) is 10.6 Å². The molecule has 0 unspecified atom stereocenters. The summed E-state index contributed by atoms with van der Waals surface area (Å²) in [5, 5.41) is 6.32. The molecule has 0 saturated carbocycles. The van der Waals surface area contributed by atoms with Crippen LogP contribution in [0.5, 0.6) is 0 Å². The lowest BCUT2D eigenvalue weighted by atomic mass is 9.93. The molecule has 0 saturated heterocycles. The predicted molar refractivity (Wildman–Crippen MR) is 101 cm³/mol. The zero-order chi connectivity index (χ0) is 20.5. The predicted octanol–water partition coefficient (Wildman–Crippen LogP) is 4.32. The average Bonchev–Trinajstić information content (AvgIpc) is 3.19. The molecular formula is C21H13F3N4O. The maximum Gasteiger partial charge on any atom is 0.286 e. The van der Waals surface area contributed by atoms with Crippen molar-refractivity contribution in [1.82, 2.24) is 15.2 Å². The Morgan fingerprint density at radius 1 is 0.828 bits per heavy atom. The second kappa shape index (κ2) is 7.23. The maximum atomic E-state index is 14.7. The summed E-state index contributed by atoms with van der Waals surface area (Å²) >= 11 is 0. The lowest BCUT2D eigenvalue weighted by Crippen LogP contribution is -2.12. The zero-order valence-electron chi connectivity index (χ0n) is 14.8. The second-order valence-electron chi connectivity index (χ2n) is 6.27. The SMILES string of the molecule is NC(=O)c1nc(-c2ccc(F)c(-c3ccc(F)cc3-c3cccc(F)c3)c2)n[nH]1. The number of aromatic nitrogens is 3. The number of nitrogens with two attached hydrogens (primary N) is 1. The quantitative estimate of drug-likeness (QED) is 0.541. The number of H-pyrrole nitrogens is 1. The molecule has 8 heteroatoms. The number of carbonyl (C=O) groups excluding carboxylic acids is 1. The van der Waals surface area contributed by atoms with Crippen molar-refractivity contribution in [1.29, 1.82) is 0 Å². The van der Waals surface area contributed by atoms with Crippen LogP contribution in [-0.2, 0) is 0 Å². The number of aromatic amines is 1. The van der Waals surface area contributed by atoms with E-state index < -0.39 is 23.4 Å². The van der Waals surface area contributed by atoms with Crippen molar-refractivity contribution in [2.45, 2.75) is 0 Å². The highest BCUT2D eigenvalue weighted by molar-refractivity contribution is 5.89. The van der Waals surface area contributed by atoms with Gasteiger partial charge in [-0.3, -0.25) is 9.89 Å². The molecule has 0 fully saturated rings. The molecule has 0 radical (unpaired) electrons. The number of carbonyl (C=O) groups is 1. The number of halogens is 3. The van der Waals surface area contributed by atoms with Gasteiger partial charge in [0.15, 0.2) is 5.82 Å². The van der Waals surface area contributed by atoms with Gasteiger partial charge in [-0.1, -0.05) is 18.2 Å². The van der Waals surface area contributed by atoms with Gasteiger partial charge in [-0.2, -0.15) is 5.10 Å². The van der Waals surface area contributed by atoms with Crippen LogP contribution in [0.4, 0.5) is 13.2 Å². The van der Waals surface area contributed by atoms with Crippen LogP contribution in [0.3, 0.4) is 0 Å². The highest BCUT2D eigenvalue weighted by Crippen LogP contribution is 2.36. The van der Waals surface area contributed by atoms with Gasteiger partial charge in [0.05, 0.1) is 0 Å². The number of hydrogen-bond donors (Lipinski definition) is 2. The third-order valence-electron chi connectivity index (χ3n) is 4.35. The summed E-state index contributed by atoms with van der Waals surface area (Å²) in [6.07, 6.45) is 0. The van der Waals surface area contributed by atoms with Crippen LogP contribution < -0.4 is 5.73 Å². The van der Waals surface area contributed by atoms with Crippen LogP contribution in [0.15, 0.2) is 60.7 Å². The number of benzene rings is 3. The lowest BCUT2D eigenvalue weighted by molar-refractivity contribution is 0.0991. The van der Waals surface area contributed by atoms with Gasteiger partial charge in [-0.15, -0.1) is 0 Å². The molecule has 0 aliphatic heterocycles. The largest absolute Gasteiger partial charge is 0.363 e. The van der Waals surface area contributed by atoms with E-state index in [0.717, 1.165) is 0 Å². The Morgan fingerprint density at radius 2 is 1.62 bits per heavy atom. The van der Waals surface area contributed by atoms with Crippen molar-refractivity contribution in [2.24, 2.45) is 5.73 Å². The van der Waals surface area contributed by atoms with Gasteiger partial charge in [0.1, 0.15) is 17.5 Å². The average molecular weight is 394 g/mol. The summed E-state index contributed by atoms with van der Waals surface area (Å²) in [6, 6.07) is 13.6. The van der Waals surface area contributed by atoms with Crippen molar-refractivity contribution in [3.63, 3.8) is 0 Å². The van der Waals surface area contributed by atoms with Gasteiger partial charge in [0.2, 0.25) is 5.82 Å². The summed E-state index contributed by atoms with van der Waals surface area (Å²) in [6.45, 7) is 0. The summed E-state index contributed by atoms with van der Waals surface area (Å²) in [7, 11) is 0. The fourth-order valence-corrected chi connectivity index (χ4v) is 3.02. The molecule has 0 aliphatic carbocycles. The van der Waals surface area contributed by atoms with Gasteiger partial charge in [-0.25, -0.2) is 18.2 Å². The Hall–Kier alpha value is -3.94. The van der Waals surface area contributed by atoms with Gasteiger partial charge in [-0.05, 0) is 59.2 Å². The highest BCUT2D eigenvalue weighted by Gasteiger charge is 2.16. The molecule has 1 heterocycles. The van der Waals surface area contributed by atoms with E-state index in [1.807, 2.05) is 0 Å². The van der Waals surface area contributed by atoms with E-state index in [2.05, 4.69) is 15.2 Å². The Morgan fingerprint density at radius 3 is 2.34 bits per heavy atom. The standard InChI is InChI=1S/C21H13F3N4O/c22-13-3-1-2-11(8-13)16-10-14(23)5-6-15(16)17-9-12(4-7-18(17)24)20-26-21(19(25)29)28-27-20/h1-10H,(H2,25,29)(H,26,27,28). The third kappa shape index (κ3) is 3.60. The highest BCUT2D eigenvalue weighted by atomic mass is 19.1. The number of nitrogens with zero attached hydrogens (tertiary/aromatic N) is 2. The molecule has 3 aromatic carbocycles. The van der Waals surface area contributed by atoms with Crippen LogP contribution >= 0.6 is 0 Å². The molecule has 1 aromatic heterocycles. The molecule has 4 rings (SSSR count). The first kappa shape index (κ1) is 18.4. The molecule has 144 valence electrons. The first-order chi connectivity index (χ1) is 13.9. The van der Waals surface area contributed by atoms with Gasteiger partial charge < -0.3 is 5.73 Å². The van der Waals surface area contributed by atoms with Crippen LogP contribution in [0.25, 0.3) is 33.6 Å². The van der Waals surface area contributed by atoms with Crippen molar-refractivity contribution >= 4 is 5.91 Å². The number of hydrogen-bond acceptors (Lipinski definition) is 3. The first-order valence-electron chi connectivity index (χ1n) is 8.50. The monoisotopic (exact) mass is 394 g/mol. The summed E-state index contributed by atoms with van der Waals surface area (Å²) in [4.78, 5) is 15.2.